The van der Waals surface area contributed by atoms with E-state index < -0.39 is 0 Å². The molecule has 0 saturated carbocycles. The van der Waals surface area contributed by atoms with Gasteiger partial charge in [0.1, 0.15) is 12.7 Å². The highest BCUT2D eigenvalue weighted by molar-refractivity contribution is 7.99. The lowest BCUT2D eigenvalue weighted by Gasteiger charge is -2.18. The quantitative estimate of drug-likeness (QED) is 0.318. The van der Waals surface area contributed by atoms with Gasteiger partial charge in [-0.3, -0.25) is 4.68 Å². The van der Waals surface area contributed by atoms with E-state index in [0.717, 1.165) is 32.6 Å². The molecule has 3 aromatic carbocycles. The van der Waals surface area contributed by atoms with Gasteiger partial charge in [0, 0.05) is 14.9 Å². The fourth-order valence-electron chi connectivity index (χ4n) is 2.92. The van der Waals surface area contributed by atoms with Gasteiger partial charge in [0.05, 0.1) is 11.8 Å². The Labute approximate surface area is 178 Å². The van der Waals surface area contributed by atoms with Crippen LogP contribution >= 0.6 is 35.0 Å². The Bertz CT molecular complexity index is 1020. The zero-order valence-electron chi connectivity index (χ0n) is 14.9. The van der Waals surface area contributed by atoms with E-state index in [2.05, 4.69) is 34.3 Å². The number of benzene rings is 3. The molecule has 0 fully saturated rings. The van der Waals surface area contributed by atoms with Gasteiger partial charge in [-0.1, -0.05) is 59.6 Å². The Kier molecular flexibility index (Phi) is 6.01. The van der Waals surface area contributed by atoms with Crippen LogP contribution in [0, 0.1) is 0 Å². The van der Waals surface area contributed by atoms with Crippen LogP contribution < -0.4 is 0 Å². The van der Waals surface area contributed by atoms with Crippen molar-refractivity contribution in [1.82, 2.24) is 14.8 Å². The third-order valence-electron chi connectivity index (χ3n) is 4.37. The zero-order valence-corrected chi connectivity index (χ0v) is 17.2. The largest absolute Gasteiger partial charge is 0.252 e. The van der Waals surface area contributed by atoms with Crippen molar-refractivity contribution in [3.05, 3.63) is 101 Å². The zero-order chi connectivity index (χ0) is 19.3. The van der Waals surface area contributed by atoms with Crippen LogP contribution in [0.5, 0.6) is 0 Å². The van der Waals surface area contributed by atoms with E-state index in [-0.39, 0.29) is 5.25 Å². The van der Waals surface area contributed by atoms with E-state index in [1.807, 2.05) is 53.2 Å². The Morgan fingerprint density at radius 2 is 1.36 bits per heavy atom. The Morgan fingerprint density at radius 3 is 1.93 bits per heavy atom. The highest BCUT2D eigenvalue weighted by Crippen LogP contribution is 2.37. The van der Waals surface area contributed by atoms with Crippen molar-refractivity contribution in [1.29, 1.82) is 0 Å². The van der Waals surface area contributed by atoms with Crippen molar-refractivity contribution in [2.45, 2.75) is 16.7 Å². The van der Waals surface area contributed by atoms with Crippen molar-refractivity contribution in [3.63, 3.8) is 0 Å². The highest BCUT2D eigenvalue weighted by Gasteiger charge is 2.15. The molecule has 1 unspecified atom stereocenters. The van der Waals surface area contributed by atoms with E-state index >= 15 is 0 Å². The minimum atomic E-state index is 0.196. The van der Waals surface area contributed by atoms with Crippen LogP contribution in [0.2, 0.25) is 10.0 Å². The van der Waals surface area contributed by atoms with Crippen molar-refractivity contribution < 1.29 is 0 Å². The fraction of sp³-hybridized carbons (Fsp3) is 0.0909. The summed E-state index contributed by atoms with van der Waals surface area (Å²) in [6.45, 7) is 0.730. The van der Waals surface area contributed by atoms with Gasteiger partial charge in [0.2, 0.25) is 0 Å². The van der Waals surface area contributed by atoms with E-state index in [1.165, 1.54) is 5.56 Å². The molecule has 0 radical (unpaired) electrons. The number of thioether (sulfide) groups is 1. The summed E-state index contributed by atoms with van der Waals surface area (Å²) in [6.07, 6.45) is 3.31. The number of halogens is 2. The predicted molar refractivity (Wildman–Crippen MR) is 117 cm³/mol. The van der Waals surface area contributed by atoms with Crippen LogP contribution in [0.15, 0.2) is 90.3 Å². The second-order valence-electron chi connectivity index (χ2n) is 6.31. The number of nitrogens with zero attached hydrogens (tertiary/aromatic N) is 3. The van der Waals surface area contributed by atoms with Crippen molar-refractivity contribution in [2.24, 2.45) is 0 Å². The molecule has 0 saturated heterocycles. The summed E-state index contributed by atoms with van der Waals surface area (Å²) < 4.78 is 1.86. The predicted octanol–water partition coefficient (Wildman–Crippen LogP) is 6.79. The Morgan fingerprint density at radius 1 is 0.786 bits per heavy atom. The molecule has 0 amide bonds. The lowest BCUT2D eigenvalue weighted by Crippen LogP contribution is -2.07. The summed E-state index contributed by atoms with van der Waals surface area (Å²) in [6, 6.07) is 24.5. The molecule has 0 aliphatic rings. The minimum Gasteiger partial charge on any atom is -0.252 e. The smallest absolute Gasteiger partial charge is 0.137 e. The van der Waals surface area contributed by atoms with Crippen LogP contribution in [0.3, 0.4) is 0 Å². The molecule has 1 aromatic heterocycles. The monoisotopic (exact) mass is 425 g/mol. The van der Waals surface area contributed by atoms with E-state index in [1.54, 1.807) is 24.4 Å². The van der Waals surface area contributed by atoms with Gasteiger partial charge in [-0.05, 0) is 53.1 Å². The third-order valence-corrected chi connectivity index (χ3v) is 6.13. The summed E-state index contributed by atoms with van der Waals surface area (Å²) in [7, 11) is 0. The first kappa shape index (κ1) is 19.1. The van der Waals surface area contributed by atoms with Crippen LogP contribution in [0.1, 0.15) is 10.8 Å². The maximum atomic E-state index is 6.03. The van der Waals surface area contributed by atoms with Gasteiger partial charge < -0.3 is 0 Å². The molecular formula is C22H17Cl2N3S. The Balaban J connectivity index is 1.59. The summed E-state index contributed by atoms with van der Waals surface area (Å²) >= 11 is 13.8. The van der Waals surface area contributed by atoms with Gasteiger partial charge in [-0.25, -0.2) is 4.98 Å². The molecule has 0 bridgehead atoms. The molecule has 0 aliphatic carbocycles. The molecule has 3 nitrogen and oxygen atoms in total. The van der Waals surface area contributed by atoms with Crippen LogP contribution in [0.4, 0.5) is 0 Å². The Hall–Kier alpha value is -2.27. The van der Waals surface area contributed by atoms with E-state index in [0.29, 0.717) is 0 Å². The third kappa shape index (κ3) is 4.76. The van der Waals surface area contributed by atoms with Crippen LogP contribution in [-0.4, -0.2) is 14.8 Å². The van der Waals surface area contributed by atoms with Gasteiger partial charge in [-0.15, -0.1) is 11.8 Å². The average molecular weight is 426 g/mol. The minimum absolute atomic E-state index is 0.196. The summed E-state index contributed by atoms with van der Waals surface area (Å²) in [5, 5.41) is 5.95. The summed E-state index contributed by atoms with van der Waals surface area (Å²) in [4.78, 5) is 5.23. The van der Waals surface area contributed by atoms with E-state index in [4.69, 9.17) is 23.2 Å². The van der Waals surface area contributed by atoms with Crippen molar-refractivity contribution >= 4 is 35.0 Å². The molecule has 140 valence electrons. The fourth-order valence-corrected chi connectivity index (χ4v) is 4.31. The summed E-state index contributed by atoms with van der Waals surface area (Å²) in [5.74, 6) is 0. The van der Waals surface area contributed by atoms with Gasteiger partial charge in [-0.2, -0.15) is 5.10 Å². The van der Waals surface area contributed by atoms with Gasteiger partial charge in [0.25, 0.3) is 0 Å². The normalized spacial score (nSPS) is 12.1. The first-order valence-corrected chi connectivity index (χ1v) is 10.4. The number of rotatable bonds is 6. The molecule has 28 heavy (non-hydrogen) atoms. The van der Waals surface area contributed by atoms with Crippen LogP contribution in [0.25, 0.3) is 11.1 Å². The molecule has 0 N–H and O–H groups in total. The molecule has 4 rings (SSSR count). The van der Waals surface area contributed by atoms with Gasteiger partial charge >= 0.3 is 0 Å². The second kappa shape index (κ2) is 8.82. The van der Waals surface area contributed by atoms with Crippen molar-refractivity contribution in [2.75, 3.05) is 0 Å². The number of hydrogen-bond acceptors (Lipinski definition) is 3. The van der Waals surface area contributed by atoms with Gasteiger partial charge in [0.15, 0.2) is 0 Å². The molecule has 1 atom stereocenters. The second-order valence-corrected chi connectivity index (χ2v) is 8.46. The molecule has 6 heteroatoms. The first-order chi connectivity index (χ1) is 13.7. The number of aromatic nitrogens is 3. The molecule has 1 heterocycles. The maximum Gasteiger partial charge on any atom is 0.137 e. The average Bonchev–Trinajstić information content (AvgIpc) is 3.23. The van der Waals surface area contributed by atoms with Crippen LogP contribution in [-0.2, 0) is 6.54 Å². The SMILES string of the molecule is Clc1ccc(SC(Cn2cncn2)c2ccc(-c3ccc(Cl)cc3)cc2)cc1. The molecule has 0 spiro atoms. The molecule has 4 aromatic rings. The van der Waals surface area contributed by atoms with E-state index in [9.17, 15) is 0 Å². The lowest BCUT2D eigenvalue weighted by atomic mass is 10.0. The lowest BCUT2D eigenvalue weighted by molar-refractivity contribution is 0.604. The number of hydrogen-bond donors (Lipinski definition) is 0. The molecule has 0 aliphatic heterocycles. The highest BCUT2D eigenvalue weighted by atomic mass is 35.5. The first-order valence-electron chi connectivity index (χ1n) is 8.78. The molecular weight excluding hydrogens is 409 g/mol. The summed E-state index contributed by atoms with van der Waals surface area (Å²) in [5.41, 5.74) is 3.54. The topological polar surface area (TPSA) is 30.7 Å². The standard InChI is InChI=1S/C22H17Cl2N3S/c23-19-7-5-17(6-8-19)16-1-3-18(4-2-16)22(13-27-15-25-14-26-27)28-21-11-9-20(24)10-12-21/h1-12,14-15,22H,13H2. The van der Waals surface area contributed by atoms with Crippen molar-refractivity contribution in [3.8, 4) is 11.1 Å². The maximum absolute atomic E-state index is 6.03.